The molecule has 0 bridgehead atoms. The van der Waals surface area contributed by atoms with Crippen molar-refractivity contribution < 1.29 is 9.53 Å². The summed E-state index contributed by atoms with van der Waals surface area (Å²) in [5.41, 5.74) is 2.63. The van der Waals surface area contributed by atoms with Gasteiger partial charge >= 0.3 is 0 Å². The molecule has 2 atom stereocenters. The number of likely N-dealkylation sites (tertiary alicyclic amines) is 1. The van der Waals surface area contributed by atoms with Crippen LogP contribution >= 0.6 is 0 Å². The van der Waals surface area contributed by atoms with Crippen molar-refractivity contribution in [1.82, 2.24) is 15.1 Å². The van der Waals surface area contributed by atoms with E-state index in [0.29, 0.717) is 17.9 Å². The minimum atomic E-state index is -0.562. The number of H-pyrrole nitrogens is 1. The smallest absolute Gasteiger partial charge is 0.263 e. The number of nitriles is 1. The lowest BCUT2D eigenvalue weighted by molar-refractivity contribution is -0.139. The fraction of sp³-hybridized carbons (Fsp3) is 0.421. The Kier molecular flexibility index (Phi) is 5.03. The van der Waals surface area contributed by atoms with Crippen molar-refractivity contribution in [2.24, 2.45) is 0 Å². The molecule has 3 rings (SSSR count). The Morgan fingerprint density at radius 1 is 1.44 bits per heavy atom. The topological polar surface area (TPSA) is 82.0 Å². The number of hydrogen-bond donors (Lipinski definition) is 1. The molecule has 2 aromatic rings. The molecule has 0 aliphatic carbocycles. The molecule has 130 valence electrons. The number of aryl methyl sites for hydroxylation is 1. The van der Waals surface area contributed by atoms with E-state index < -0.39 is 6.10 Å². The molecule has 6 heteroatoms. The zero-order valence-corrected chi connectivity index (χ0v) is 14.5. The van der Waals surface area contributed by atoms with Crippen LogP contribution in [0.5, 0.6) is 5.75 Å². The molecule has 1 aliphatic heterocycles. The maximum atomic E-state index is 12.7. The highest BCUT2D eigenvalue weighted by molar-refractivity contribution is 5.81. The number of carbonyl (C=O) groups excluding carboxylic acids is 1. The molecule has 6 nitrogen and oxygen atoms in total. The normalized spacial score (nSPS) is 18.4. The summed E-state index contributed by atoms with van der Waals surface area (Å²) in [5, 5.41) is 16.1. The lowest BCUT2D eigenvalue weighted by Gasteiger charge is -2.33. The molecule has 1 aromatic heterocycles. The Balaban J connectivity index is 1.61. The molecule has 0 radical (unpaired) electrons. The lowest BCUT2D eigenvalue weighted by atomic mass is 9.94. The fourth-order valence-electron chi connectivity index (χ4n) is 3.19. The zero-order valence-electron chi connectivity index (χ0n) is 14.5. The molecule has 1 amide bonds. The van der Waals surface area contributed by atoms with Crippen LogP contribution in [0.15, 0.2) is 30.3 Å². The van der Waals surface area contributed by atoms with E-state index in [1.54, 1.807) is 31.2 Å². The zero-order chi connectivity index (χ0) is 17.8. The van der Waals surface area contributed by atoms with Gasteiger partial charge in [-0.2, -0.15) is 10.4 Å². The first-order valence-corrected chi connectivity index (χ1v) is 8.54. The van der Waals surface area contributed by atoms with Crippen LogP contribution in [0.25, 0.3) is 0 Å². The average molecular weight is 338 g/mol. The number of aromatic nitrogens is 2. The second-order valence-electron chi connectivity index (χ2n) is 6.50. The Bertz CT molecular complexity index is 775. The Morgan fingerprint density at radius 3 is 2.84 bits per heavy atom. The van der Waals surface area contributed by atoms with Crippen LogP contribution in [0.3, 0.4) is 0 Å². The Hall–Kier alpha value is -2.81. The Labute approximate surface area is 147 Å². The molecule has 0 unspecified atom stereocenters. The molecule has 1 N–H and O–H groups in total. The largest absolute Gasteiger partial charge is 0.481 e. The van der Waals surface area contributed by atoms with Crippen LogP contribution in [0.1, 0.15) is 42.6 Å². The van der Waals surface area contributed by atoms with Gasteiger partial charge in [-0.15, -0.1) is 0 Å². The standard InChI is InChI=1S/C19H22N4O2/c1-13-10-18(22-21-13)16-4-3-9-23(12-16)19(24)14(2)25-17-7-5-15(11-20)6-8-17/h5-8,10,14,16H,3-4,9,12H2,1-2H3,(H,21,22)/t14-,16+/m0/s1. The first-order chi connectivity index (χ1) is 12.1. The molecule has 25 heavy (non-hydrogen) atoms. The van der Waals surface area contributed by atoms with Crippen molar-refractivity contribution in [3.05, 3.63) is 47.3 Å². The number of carbonyl (C=O) groups is 1. The number of aromatic amines is 1. The van der Waals surface area contributed by atoms with Crippen molar-refractivity contribution in [1.29, 1.82) is 5.26 Å². The molecular weight excluding hydrogens is 316 g/mol. The van der Waals surface area contributed by atoms with Crippen LogP contribution < -0.4 is 4.74 Å². The SMILES string of the molecule is Cc1cc([C@@H]2CCCN(C(=O)[C@H](C)Oc3ccc(C#N)cc3)C2)n[nH]1. The van der Waals surface area contributed by atoms with Gasteiger partial charge in [-0.05, 0) is 57.0 Å². The minimum absolute atomic E-state index is 0.0127. The summed E-state index contributed by atoms with van der Waals surface area (Å²) in [6.07, 6.45) is 1.44. The summed E-state index contributed by atoms with van der Waals surface area (Å²) in [5.74, 6) is 0.849. The summed E-state index contributed by atoms with van der Waals surface area (Å²) >= 11 is 0. The summed E-state index contributed by atoms with van der Waals surface area (Å²) in [4.78, 5) is 14.6. The van der Waals surface area contributed by atoms with E-state index in [9.17, 15) is 4.79 Å². The van der Waals surface area contributed by atoms with Crippen molar-refractivity contribution >= 4 is 5.91 Å². The summed E-state index contributed by atoms with van der Waals surface area (Å²) in [6.45, 7) is 5.17. The second kappa shape index (κ2) is 7.39. The van der Waals surface area contributed by atoms with Gasteiger partial charge in [0.1, 0.15) is 5.75 Å². The highest BCUT2D eigenvalue weighted by Crippen LogP contribution is 2.26. The minimum Gasteiger partial charge on any atom is -0.481 e. The van der Waals surface area contributed by atoms with Crippen molar-refractivity contribution in [2.75, 3.05) is 13.1 Å². The predicted molar refractivity (Wildman–Crippen MR) is 93.1 cm³/mol. The molecular formula is C19H22N4O2. The molecule has 1 saturated heterocycles. The second-order valence-corrected chi connectivity index (χ2v) is 6.50. The number of ether oxygens (including phenoxy) is 1. The van der Waals surface area contributed by atoms with Gasteiger partial charge in [0.05, 0.1) is 17.3 Å². The quantitative estimate of drug-likeness (QED) is 0.929. The number of hydrogen-bond acceptors (Lipinski definition) is 4. The van der Waals surface area contributed by atoms with Gasteiger partial charge in [0.25, 0.3) is 5.91 Å². The number of nitrogens with one attached hydrogen (secondary N) is 1. The van der Waals surface area contributed by atoms with Gasteiger partial charge in [-0.3, -0.25) is 9.89 Å². The van der Waals surface area contributed by atoms with Gasteiger partial charge in [0, 0.05) is 24.7 Å². The number of piperidine rings is 1. The van der Waals surface area contributed by atoms with Gasteiger partial charge in [0.15, 0.2) is 6.10 Å². The van der Waals surface area contributed by atoms with Gasteiger partial charge in [-0.25, -0.2) is 0 Å². The highest BCUT2D eigenvalue weighted by atomic mass is 16.5. The predicted octanol–water partition coefficient (Wildman–Crippen LogP) is 2.76. The van der Waals surface area contributed by atoms with E-state index in [-0.39, 0.29) is 11.8 Å². The first kappa shape index (κ1) is 17.0. The number of rotatable bonds is 4. The molecule has 0 saturated carbocycles. The lowest BCUT2D eigenvalue weighted by Crippen LogP contribution is -2.45. The van der Waals surface area contributed by atoms with Crippen LogP contribution in [0, 0.1) is 18.3 Å². The Morgan fingerprint density at radius 2 is 2.20 bits per heavy atom. The molecule has 1 aliphatic rings. The van der Waals surface area contributed by atoms with E-state index in [2.05, 4.69) is 22.3 Å². The van der Waals surface area contributed by atoms with Gasteiger partial charge in [-0.1, -0.05) is 0 Å². The monoisotopic (exact) mass is 338 g/mol. The first-order valence-electron chi connectivity index (χ1n) is 8.54. The number of benzene rings is 1. The van der Waals surface area contributed by atoms with Crippen molar-refractivity contribution in [3.8, 4) is 11.8 Å². The van der Waals surface area contributed by atoms with Crippen LogP contribution in [-0.4, -0.2) is 40.2 Å². The van der Waals surface area contributed by atoms with Crippen LogP contribution in [0.2, 0.25) is 0 Å². The summed E-state index contributed by atoms with van der Waals surface area (Å²) < 4.78 is 5.75. The summed E-state index contributed by atoms with van der Waals surface area (Å²) in [6, 6.07) is 10.9. The maximum Gasteiger partial charge on any atom is 0.263 e. The van der Waals surface area contributed by atoms with Crippen molar-refractivity contribution in [3.63, 3.8) is 0 Å². The van der Waals surface area contributed by atoms with E-state index in [0.717, 1.165) is 30.8 Å². The third kappa shape index (κ3) is 4.00. The average Bonchev–Trinajstić information content (AvgIpc) is 3.08. The number of amides is 1. The fourth-order valence-corrected chi connectivity index (χ4v) is 3.19. The van der Waals surface area contributed by atoms with Gasteiger partial charge in [0.2, 0.25) is 0 Å². The third-order valence-corrected chi connectivity index (χ3v) is 4.52. The molecule has 2 heterocycles. The third-order valence-electron chi connectivity index (χ3n) is 4.52. The van der Waals surface area contributed by atoms with Crippen LogP contribution in [-0.2, 0) is 4.79 Å². The highest BCUT2D eigenvalue weighted by Gasteiger charge is 2.29. The molecule has 0 spiro atoms. The molecule has 1 fully saturated rings. The van der Waals surface area contributed by atoms with E-state index in [1.807, 2.05) is 11.8 Å². The number of nitrogens with zero attached hydrogens (tertiary/aromatic N) is 3. The maximum absolute atomic E-state index is 12.7. The molecule has 1 aromatic carbocycles. The van der Waals surface area contributed by atoms with Gasteiger partial charge < -0.3 is 9.64 Å². The van der Waals surface area contributed by atoms with Crippen molar-refractivity contribution in [2.45, 2.75) is 38.7 Å². The van der Waals surface area contributed by atoms with E-state index in [1.165, 1.54) is 0 Å². The van der Waals surface area contributed by atoms with Crippen LogP contribution in [0.4, 0.5) is 0 Å². The van der Waals surface area contributed by atoms with E-state index >= 15 is 0 Å². The summed E-state index contributed by atoms with van der Waals surface area (Å²) in [7, 11) is 0. The van der Waals surface area contributed by atoms with E-state index in [4.69, 9.17) is 10.00 Å².